The molecule has 24 heavy (non-hydrogen) atoms. The molecule has 0 bridgehead atoms. The van der Waals surface area contributed by atoms with E-state index in [0.717, 1.165) is 18.4 Å². The average Bonchev–Trinajstić information content (AvgIpc) is 2.50. The van der Waals surface area contributed by atoms with Gasteiger partial charge >= 0.3 is 6.36 Å². The first-order chi connectivity index (χ1) is 11.3. The van der Waals surface area contributed by atoms with Crippen LogP contribution in [0.25, 0.3) is 0 Å². The second-order valence-corrected chi connectivity index (χ2v) is 7.29. The van der Waals surface area contributed by atoms with Crippen LogP contribution in [0.15, 0.2) is 24.3 Å². The minimum atomic E-state index is -5.35. The summed E-state index contributed by atoms with van der Waals surface area (Å²) in [5.41, 5.74) is 2.36. The largest absolute Gasteiger partial charge is 0.756 e. The maximum absolute atomic E-state index is 11.9. The van der Waals surface area contributed by atoms with Gasteiger partial charge in [-0.15, -0.1) is 13.2 Å². The minimum absolute atomic E-state index is 0.303. The highest BCUT2D eigenvalue weighted by atomic mass is 31.2. The molecule has 0 heterocycles. The predicted octanol–water partition coefficient (Wildman–Crippen LogP) is 4.69. The van der Waals surface area contributed by atoms with Crippen LogP contribution in [0.5, 0.6) is 0 Å². The topological polar surface area (TPSA) is 58.6 Å². The average molecular weight is 365 g/mol. The van der Waals surface area contributed by atoms with Gasteiger partial charge in [-0.25, -0.2) is 4.52 Å². The van der Waals surface area contributed by atoms with Crippen molar-refractivity contribution in [2.45, 2.75) is 57.2 Å². The molecule has 1 saturated carbocycles. The van der Waals surface area contributed by atoms with Crippen molar-refractivity contribution >= 4 is 7.82 Å². The molecule has 1 unspecified atom stereocenters. The Bertz CT molecular complexity index is 571. The molecule has 1 aromatic rings. The molecule has 136 valence electrons. The lowest BCUT2D eigenvalue weighted by Gasteiger charge is -2.25. The summed E-state index contributed by atoms with van der Waals surface area (Å²) in [6.07, 6.45) is 1.54. The van der Waals surface area contributed by atoms with E-state index in [9.17, 15) is 22.6 Å². The Balaban J connectivity index is 1.85. The standard InChI is InChI=1S/C16H22F3O4P/c17-16(18,19)23-24(20,21)22-12-6-10-14-9-4-5-11-15(14)13-7-2-1-3-8-13/h4-5,9,11,13H,1-3,6-8,10,12H2,(H,20,21)/p-1. The normalized spacial score (nSPS) is 19.2. The van der Waals surface area contributed by atoms with Crippen LogP contribution in [0, 0.1) is 0 Å². The maximum Gasteiger partial charge on any atom is 0.528 e. The molecule has 0 saturated heterocycles. The number of hydrogen-bond donors (Lipinski definition) is 0. The van der Waals surface area contributed by atoms with Gasteiger partial charge in [0, 0.05) is 0 Å². The summed E-state index contributed by atoms with van der Waals surface area (Å²) in [6, 6.07) is 7.95. The highest BCUT2D eigenvalue weighted by Crippen LogP contribution is 2.45. The van der Waals surface area contributed by atoms with E-state index in [1.807, 2.05) is 18.2 Å². The fourth-order valence-corrected chi connectivity index (χ4v) is 3.82. The maximum atomic E-state index is 11.9. The molecule has 1 aromatic carbocycles. The van der Waals surface area contributed by atoms with Crippen LogP contribution in [0.2, 0.25) is 0 Å². The summed E-state index contributed by atoms with van der Waals surface area (Å²) >= 11 is 0. The first kappa shape index (κ1) is 19.4. The zero-order valence-corrected chi connectivity index (χ0v) is 14.2. The highest BCUT2D eigenvalue weighted by Gasteiger charge is 2.35. The van der Waals surface area contributed by atoms with Crippen LogP contribution in [0.4, 0.5) is 13.2 Å². The molecule has 1 atom stereocenters. The summed E-state index contributed by atoms with van der Waals surface area (Å²) in [4.78, 5) is 11.0. The molecular weight excluding hydrogens is 344 g/mol. The summed E-state index contributed by atoms with van der Waals surface area (Å²) in [7, 11) is -5.35. The van der Waals surface area contributed by atoms with E-state index in [4.69, 9.17) is 0 Å². The monoisotopic (exact) mass is 365 g/mol. The SMILES string of the molecule is O=P([O-])(OCCCc1ccccc1C1CCCCC1)OC(F)(F)F. The Morgan fingerprint density at radius 1 is 1.17 bits per heavy atom. The van der Waals surface area contributed by atoms with Gasteiger partial charge in [-0.2, -0.15) is 0 Å². The van der Waals surface area contributed by atoms with Crippen molar-refractivity contribution in [1.29, 1.82) is 0 Å². The van der Waals surface area contributed by atoms with E-state index >= 15 is 0 Å². The van der Waals surface area contributed by atoms with E-state index in [1.54, 1.807) is 0 Å². The van der Waals surface area contributed by atoms with Crippen molar-refractivity contribution in [3.63, 3.8) is 0 Å². The third-order valence-corrected chi connectivity index (χ3v) is 5.08. The number of phosphoric ester groups is 1. The number of aryl methyl sites for hydroxylation is 1. The van der Waals surface area contributed by atoms with E-state index in [0.29, 0.717) is 18.8 Å². The molecule has 0 N–H and O–H groups in total. The lowest BCUT2D eigenvalue weighted by molar-refractivity contribution is -0.322. The number of rotatable bonds is 7. The number of halogens is 3. The van der Waals surface area contributed by atoms with Gasteiger partial charge in [-0.05, 0) is 42.7 Å². The van der Waals surface area contributed by atoms with E-state index in [1.165, 1.54) is 24.8 Å². The van der Waals surface area contributed by atoms with E-state index < -0.39 is 14.2 Å². The molecule has 0 spiro atoms. The Kier molecular flexibility index (Phi) is 6.87. The highest BCUT2D eigenvalue weighted by molar-refractivity contribution is 7.45. The van der Waals surface area contributed by atoms with Crippen molar-refractivity contribution in [3.8, 4) is 0 Å². The van der Waals surface area contributed by atoms with Gasteiger partial charge in [0.25, 0.3) is 7.82 Å². The lowest BCUT2D eigenvalue weighted by Crippen LogP contribution is -2.19. The quantitative estimate of drug-likeness (QED) is 0.520. The van der Waals surface area contributed by atoms with Crippen molar-refractivity contribution in [3.05, 3.63) is 35.4 Å². The van der Waals surface area contributed by atoms with Gasteiger partial charge in [0.1, 0.15) is 0 Å². The minimum Gasteiger partial charge on any atom is -0.756 e. The van der Waals surface area contributed by atoms with Gasteiger partial charge in [-0.1, -0.05) is 43.5 Å². The van der Waals surface area contributed by atoms with E-state index in [2.05, 4.69) is 15.1 Å². The molecule has 1 aliphatic rings. The van der Waals surface area contributed by atoms with Crippen LogP contribution < -0.4 is 4.89 Å². The molecule has 2 rings (SSSR count). The molecule has 0 aromatic heterocycles. The predicted molar refractivity (Wildman–Crippen MR) is 81.3 cm³/mol. The molecule has 1 fully saturated rings. The molecule has 8 heteroatoms. The third-order valence-electron chi connectivity index (χ3n) is 4.16. The summed E-state index contributed by atoms with van der Waals surface area (Å²) < 4.78 is 54.0. The summed E-state index contributed by atoms with van der Waals surface area (Å²) in [5, 5.41) is 0. The number of hydrogen-bond acceptors (Lipinski definition) is 4. The third kappa shape index (κ3) is 6.55. The second kappa shape index (κ2) is 8.48. The molecular formula is C16H21F3O4P-. The van der Waals surface area contributed by atoms with Gasteiger partial charge < -0.3 is 9.42 Å². The van der Waals surface area contributed by atoms with E-state index in [-0.39, 0.29) is 6.61 Å². The van der Waals surface area contributed by atoms with Crippen molar-refractivity contribution < 1.29 is 31.7 Å². The number of alkyl halides is 3. The Labute approximate surface area is 139 Å². The number of phosphoric acid groups is 1. The fraction of sp³-hybridized carbons (Fsp3) is 0.625. The zero-order chi connectivity index (χ0) is 17.6. The molecule has 0 amide bonds. The van der Waals surface area contributed by atoms with Gasteiger partial charge in [0.15, 0.2) is 0 Å². The fourth-order valence-electron chi connectivity index (χ4n) is 3.17. The Morgan fingerprint density at radius 3 is 2.50 bits per heavy atom. The number of benzene rings is 1. The zero-order valence-electron chi connectivity index (χ0n) is 13.3. The van der Waals surface area contributed by atoms with Crippen LogP contribution in [-0.4, -0.2) is 13.0 Å². The first-order valence-electron chi connectivity index (χ1n) is 8.08. The van der Waals surface area contributed by atoms with Gasteiger partial charge in [-0.3, -0.25) is 4.57 Å². The molecule has 4 nitrogen and oxygen atoms in total. The van der Waals surface area contributed by atoms with Gasteiger partial charge in [0.05, 0.1) is 6.61 Å². The van der Waals surface area contributed by atoms with Crippen LogP contribution in [0.3, 0.4) is 0 Å². The summed E-state index contributed by atoms with van der Waals surface area (Å²) in [6.45, 7) is -0.337. The van der Waals surface area contributed by atoms with Crippen molar-refractivity contribution in [2.75, 3.05) is 6.61 Å². The summed E-state index contributed by atoms with van der Waals surface area (Å²) in [5.74, 6) is 0.509. The second-order valence-electron chi connectivity index (χ2n) is 5.95. The first-order valence-corrected chi connectivity index (χ1v) is 9.54. The van der Waals surface area contributed by atoms with Crippen molar-refractivity contribution in [1.82, 2.24) is 0 Å². The molecule has 1 aliphatic carbocycles. The molecule has 0 radical (unpaired) electrons. The smallest absolute Gasteiger partial charge is 0.528 e. The van der Waals surface area contributed by atoms with Crippen LogP contribution in [-0.2, 0) is 20.0 Å². The Hall–Kier alpha value is -0.880. The Morgan fingerprint density at radius 2 is 1.83 bits per heavy atom. The van der Waals surface area contributed by atoms with Crippen molar-refractivity contribution in [2.24, 2.45) is 0 Å². The lowest BCUT2D eigenvalue weighted by atomic mass is 9.81. The van der Waals surface area contributed by atoms with Crippen LogP contribution in [0.1, 0.15) is 55.6 Å². The van der Waals surface area contributed by atoms with Gasteiger partial charge in [0.2, 0.25) is 0 Å². The molecule has 0 aliphatic heterocycles. The van der Waals surface area contributed by atoms with Crippen LogP contribution >= 0.6 is 7.82 Å².